The summed E-state index contributed by atoms with van der Waals surface area (Å²) in [6, 6.07) is -0.795. The van der Waals surface area contributed by atoms with E-state index in [1.807, 2.05) is 0 Å². The Morgan fingerprint density at radius 2 is 2.08 bits per heavy atom. The van der Waals surface area contributed by atoms with E-state index in [0.29, 0.717) is 12.3 Å². The predicted octanol–water partition coefficient (Wildman–Crippen LogP) is 0.479. The molecule has 0 aliphatic carbocycles. The summed E-state index contributed by atoms with van der Waals surface area (Å²) in [7, 11) is 0. The SMILES string of the molecule is CCOC(=O)CC(C)=NC(N)=O. The molecule has 0 saturated heterocycles. The Labute approximate surface area is 70.6 Å². The smallest absolute Gasteiger partial charge is 0.338 e. The molecule has 0 aliphatic rings. The number of nitrogens with zero attached hydrogens (tertiary/aromatic N) is 1. The van der Waals surface area contributed by atoms with Crippen LogP contribution in [-0.4, -0.2) is 24.3 Å². The summed E-state index contributed by atoms with van der Waals surface area (Å²) in [6.45, 7) is 3.57. The number of esters is 1. The fourth-order valence-corrected chi connectivity index (χ4v) is 0.649. The molecule has 5 heteroatoms. The monoisotopic (exact) mass is 172 g/mol. The summed E-state index contributed by atoms with van der Waals surface area (Å²) in [5, 5.41) is 0. The van der Waals surface area contributed by atoms with Crippen LogP contribution in [-0.2, 0) is 9.53 Å². The first-order chi connectivity index (χ1) is 5.56. The third-order valence-electron chi connectivity index (χ3n) is 1.01. The molecule has 0 aromatic heterocycles. The van der Waals surface area contributed by atoms with Crippen LogP contribution < -0.4 is 5.73 Å². The largest absolute Gasteiger partial charge is 0.466 e. The maximum absolute atomic E-state index is 10.8. The zero-order chi connectivity index (χ0) is 9.56. The minimum atomic E-state index is -0.795. The molecule has 68 valence electrons. The number of hydrogen-bond donors (Lipinski definition) is 1. The fourth-order valence-electron chi connectivity index (χ4n) is 0.649. The number of nitrogens with two attached hydrogens (primary N) is 1. The van der Waals surface area contributed by atoms with E-state index in [0.717, 1.165) is 0 Å². The number of carbonyl (C=O) groups excluding carboxylic acids is 2. The molecule has 0 aliphatic heterocycles. The second kappa shape index (κ2) is 5.29. The van der Waals surface area contributed by atoms with Crippen LogP contribution in [0.2, 0.25) is 0 Å². The van der Waals surface area contributed by atoms with Gasteiger partial charge in [-0.05, 0) is 13.8 Å². The van der Waals surface area contributed by atoms with Crippen LogP contribution in [0.4, 0.5) is 4.79 Å². The summed E-state index contributed by atoms with van der Waals surface area (Å²) < 4.78 is 4.62. The molecule has 0 unspecified atom stereocenters. The third kappa shape index (κ3) is 5.40. The van der Waals surface area contributed by atoms with Gasteiger partial charge in [0, 0.05) is 5.71 Å². The van der Waals surface area contributed by atoms with Gasteiger partial charge >= 0.3 is 12.0 Å². The van der Waals surface area contributed by atoms with Crippen LogP contribution in [0.3, 0.4) is 0 Å². The van der Waals surface area contributed by atoms with E-state index in [4.69, 9.17) is 5.73 Å². The Bertz CT molecular complexity index is 211. The van der Waals surface area contributed by atoms with Crippen molar-refractivity contribution in [3.05, 3.63) is 0 Å². The molecule has 2 N–H and O–H groups in total. The van der Waals surface area contributed by atoms with E-state index >= 15 is 0 Å². The number of ether oxygens (including phenoxy) is 1. The molecule has 0 rings (SSSR count). The molecular weight excluding hydrogens is 160 g/mol. The van der Waals surface area contributed by atoms with Crippen LogP contribution in [0.25, 0.3) is 0 Å². The minimum absolute atomic E-state index is 0.0107. The highest BCUT2D eigenvalue weighted by atomic mass is 16.5. The van der Waals surface area contributed by atoms with Gasteiger partial charge in [-0.2, -0.15) is 0 Å². The zero-order valence-corrected chi connectivity index (χ0v) is 7.16. The van der Waals surface area contributed by atoms with Gasteiger partial charge in [0.05, 0.1) is 13.0 Å². The lowest BCUT2D eigenvalue weighted by molar-refractivity contribution is -0.141. The molecule has 0 radical (unpaired) electrons. The number of rotatable bonds is 3. The average Bonchev–Trinajstić information content (AvgIpc) is 1.84. The molecule has 0 aromatic rings. The highest BCUT2D eigenvalue weighted by Crippen LogP contribution is 1.90. The maximum atomic E-state index is 10.8. The molecule has 0 bridgehead atoms. The molecule has 0 fully saturated rings. The zero-order valence-electron chi connectivity index (χ0n) is 7.16. The highest BCUT2D eigenvalue weighted by Gasteiger charge is 2.04. The maximum Gasteiger partial charge on any atom is 0.338 e. The van der Waals surface area contributed by atoms with Crippen LogP contribution in [0.1, 0.15) is 20.3 Å². The number of amides is 2. The van der Waals surface area contributed by atoms with Crippen molar-refractivity contribution in [2.24, 2.45) is 10.7 Å². The first-order valence-electron chi connectivity index (χ1n) is 3.55. The third-order valence-corrected chi connectivity index (χ3v) is 1.01. The molecule has 0 aromatic carbocycles. The molecular formula is C7H12N2O3. The van der Waals surface area contributed by atoms with Gasteiger partial charge in [-0.1, -0.05) is 0 Å². The molecule has 5 nitrogen and oxygen atoms in total. The van der Waals surface area contributed by atoms with Crippen molar-refractivity contribution >= 4 is 17.7 Å². The first kappa shape index (κ1) is 10.6. The summed E-state index contributed by atoms with van der Waals surface area (Å²) in [5.41, 5.74) is 5.13. The van der Waals surface area contributed by atoms with Gasteiger partial charge in [0.15, 0.2) is 0 Å². The van der Waals surface area contributed by atoms with E-state index in [1.165, 1.54) is 0 Å². The number of carbonyl (C=O) groups is 2. The van der Waals surface area contributed by atoms with Crippen molar-refractivity contribution in [3.8, 4) is 0 Å². The molecule has 0 spiro atoms. The number of hydrogen-bond acceptors (Lipinski definition) is 3. The molecule has 0 saturated carbocycles. The average molecular weight is 172 g/mol. The van der Waals surface area contributed by atoms with E-state index in [1.54, 1.807) is 13.8 Å². The van der Waals surface area contributed by atoms with Crippen LogP contribution in [0.5, 0.6) is 0 Å². The van der Waals surface area contributed by atoms with Gasteiger partial charge in [0.1, 0.15) is 0 Å². The van der Waals surface area contributed by atoms with Crippen molar-refractivity contribution in [1.29, 1.82) is 0 Å². The van der Waals surface area contributed by atoms with E-state index < -0.39 is 12.0 Å². The van der Waals surface area contributed by atoms with Crippen LogP contribution in [0, 0.1) is 0 Å². The van der Waals surface area contributed by atoms with Gasteiger partial charge in [0.2, 0.25) is 0 Å². The van der Waals surface area contributed by atoms with Gasteiger partial charge in [-0.25, -0.2) is 9.79 Å². The predicted molar refractivity (Wildman–Crippen MR) is 43.9 cm³/mol. The van der Waals surface area contributed by atoms with Gasteiger partial charge in [-0.3, -0.25) is 4.79 Å². The molecule has 0 heterocycles. The summed E-state index contributed by atoms with van der Waals surface area (Å²) in [4.78, 5) is 24.4. The van der Waals surface area contributed by atoms with E-state index in [2.05, 4.69) is 9.73 Å². The minimum Gasteiger partial charge on any atom is -0.466 e. The van der Waals surface area contributed by atoms with Crippen LogP contribution >= 0.6 is 0 Å². The second-order valence-electron chi connectivity index (χ2n) is 2.17. The molecule has 2 amide bonds. The molecule has 12 heavy (non-hydrogen) atoms. The lowest BCUT2D eigenvalue weighted by Gasteiger charge is -1.99. The Morgan fingerprint density at radius 1 is 1.50 bits per heavy atom. The standard InChI is InChI=1S/C7H12N2O3/c1-3-12-6(10)4-5(2)9-7(8)11/h3-4H2,1-2H3,(H2,8,11). The van der Waals surface area contributed by atoms with Crippen LogP contribution in [0.15, 0.2) is 4.99 Å². The fraction of sp³-hybridized carbons (Fsp3) is 0.571. The second-order valence-corrected chi connectivity index (χ2v) is 2.17. The normalized spacial score (nSPS) is 11.0. The van der Waals surface area contributed by atoms with Crippen molar-refractivity contribution < 1.29 is 14.3 Å². The van der Waals surface area contributed by atoms with Gasteiger partial charge in [-0.15, -0.1) is 0 Å². The Morgan fingerprint density at radius 3 is 2.50 bits per heavy atom. The summed E-state index contributed by atoms with van der Waals surface area (Å²) >= 11 is 0. The number of primary amides is 1. The van der Waals surface area contributed by atoms with E-state index in [-0.39, 0.29) is 6.42 Å². The first-order valence-corrected chi connectivity index (χ1v) is 3.55. The van der Waals surface area contributed by atoms with Crippen molar-refractivity contribution in [1.82, 2.24) is 0 Å². The summed E-state index contributed by atoms with van der Waals surface area (Å²) in [5.74, 6) is -0.403. The van der Waals surface area contributed by atoms with Crippen molar-refractivity contribution in [2.75, 3.05) is 6.61 Å². The van der Waals surface area contributed by atoms with Gasteiger partial charge in [0.25, 0.3) is 0 Å². The Hall–Kier alpha value is -1.39. The lowest BCUT2D eigenvalue weighted by atomic mass is 10.3. The van der Waals surface area contributed by atoms with Gasteiger partial charge < -0.3 is 10.5 Å². The Balaban J connectivity index is 3.91. The highest BCUT2D eigenvalue weighted by molar-refractivity contribution is 6.02. The topological polar surface area (TPSA) is 81.8 Å². The van der Waals surface area contributed by atoms with E-state index in [9.17, 15) is 9.59 Å². The Kier molecular flexibility index (Phi) is 4.67. The molecule has 0 atom stereocenters. The summed E-state index contributed by atoms with van der Waals surface area (Å²) in [6.07, 6.45) is 0.0107. The number of urea groups is 1. The quantitative estimate of drug-likeness (QED) is 0.496. The van der Waals surface area contributed by atoms with Crippen molar-refractivity contribution in [2.45, 2.75) is 20.3 Å². The van der Waals surface area contributed by atoms with Crippen molar-refractivity contribution in [3.63, 3.8) is 0 Å². The lowest BCUT2D eigenvalue weighted by Crippen LogP contribution is -2.12. The number of aliphatic imine (C=N–C) groups is 1.